The number of hydrogen-bond donors (Lipinski definition) is 2. The van der Waals surface area contributed by atoms with Crippen LogP contribution in [0.5, 0.6) is 0 Å². The van der Waals surface area contributed by atoms with Crippen molar-refractivity contribution in [1.29, 1.82) is 0 Å². The highest BCUT2D eigenvalue weighted by atomic mass is 16.5. The molecule has 0 radical (unpaired) electrons. The van der Waals surface area contributed by atoms with Gasteiger partial charge in [0.15, 0.2) is 0 Å². The molecule has 2 aromatic carbocycles. The molecule has 0 heterocycles. The van der Waals surface area contributed by atoms with Crippen molar-refractivity contribution in [1.82, 2.24) is 0 Å². The molecule has 124 valence electrons. The van der Waals surface area contributed by atoms with Gasteiger partial charge < -0.3 is 16.2 Å². The van der Waals surface area contributed by atoms with Crippen LogP contribution in [0.2, 0.25) is 0 Å². The van der Waals surface area contributed by atoms with E-state index in [0.717, 1.165) is 63.1 Å². The van der Waals surface area contributed by atoms with Crippen LogP contribution < -0.4 is 11.5 Å². The summed E-state index contributed by atoms with van der Waals surface area (Å²) < 4.78 is 5.71. The summed E-state index contributed by atoms with van der Waals surface area (Å²) in [6.07, 6.45) is 6.75. The first-order valence-corrected chi connectivity index (χ1v) is 8.50. The predicted molar refractivity (Wildman–Crippen MR) is 98.4 cm³/mol. The molecule has 0 fully saturated rings. The maximum Gasteiger partial charge on any atom is 0.0466 e. The van der Waals surface area contributed by atoms with E-state index in [1.165, 1.54) is 11.1 Å². The maximum atomic E-state index is 5.71. The van der Waals surface area contributed by atoms with Crippen LogP contribution in [0.3, 0.4) is 0 Å². The zero-order valence-electron chi connectivity index (χ0n) is 13.8. The molecule has 0 unspecified atom stereocenters. The largest absolute Gasteiger partial charge is 0.399 e. The molecule has 0 aromatic heterocycles. The lowest BCUT2D eigenvalue weighted by Gasteiger charge is -2.05. The van der Waals surface area contributed by atoms with Gasteiger partial charge in [-0.3, -0.25) is 0 Å². The van der Waals surface area contributed by atoms with Crippen molar-refractivity contribution >= 4 is 11.4 Å². The summed E-state index contributed by atoms with van der Waals surface area (Å²) in [6, 6.07) is 16.3. The van der Waals surface area contributed by atoms with E-state index in [2.05, 4.69) is 24.3 Å². The Balaban J connectivity index is 1.43. The Morgan fingerprint density at radius 1 is 0.565 bits per heavy atom. The monoisotopic (exact) mass is 312 g/mol. The average molecular weight is 312 g/mol. The lowest BCUT2D eigenvalue weighted by Crippen LogP contribution is -1.99. The summed E-state index contributed by atoms with van der Waals surface area (Å²) in [5.74, 6) is 0. The smallest absolute Gasteiger partial charge is 0.0466 e. The number of benzene rings is 2. The molecule has 0 bridgehead atoms. The third kappa shape index (κ3) is 7.20. The minimum absolute atomic E-state index is 0.830. The summed E-state index contributed by atoms with van der Waals surface area (Å²) in [6.45, 7) is 1.72. The second kappa shape index (κ2) is 9.90. The summed E-state index contributed by atoms with van der Waals surface area (Å²) >= 11 is 0. The van der Waals surface area contributed by atoms with Crippen molar-refractivity contribution in [2.24, 2.45) is 0 Å². The third-order valence-electron chi connectivity index (χ3n) is 3.97. The molecule has 0 spiro atoms. The predicted octanol–water partition coefficient (Wildman–Crippen LogP) is 4.21. The first-order chi connectivity index (χ1) is 11.2. The fourth-order valence-electron chi connectivity index (χ4n) is 2.54. The van der Waals surface area contributed by atoms with Crippen molar-refractivity contribution in [2.75, 3.05) is 24.7 Å². The maximum absolute atomic E-state index is 5.71. The van der Waals surface area contributed by atoms with E-state index < -0.39 is 0 Å². The topological polar surface area (TPSA) is 61.3 Å². The molecular formula is C20H28N2O. The Hall–Kier alpha value is -2.00. The highest BCUT2D eigenvalue weighted by Crippen LogP contribution is 2.10. The molecule has 0 saturated heterocycles. The van der Waals surface area contributed by atoms with E-state index in [1.54, 1.807) is 0 Å². The Kier molecular flexibility index (Phi) is 7.47. The highest BCUT2D eigenvalue weighted by molar-refractivity contribution is 5.39. The highest BCUT2D eigenvalue weighted by Gasteiger charge is 1.96. The Labute approximate surface area is 139 Å². The van der Waals surface area contributed by atoms with Crippen LogP contribution in [0, 0.1) is 0 Å². The number of anilines is 2. The van der Waals surface area contributed by atoms with Crippen LogP contribution in [-0.4, -0.2) is 13.2 Å². The van der Waals surface area contributed by atoms with Crippen LogP contribution in [0.1, 0.15) is 36.8 Å². The summed E-state index contributed by atoms with van der Waals surface area (Å²) in [7, 11) is 0. The van der Waals surface area contributed by atoms with Crippen LogP contribution in [0.4, 0.5) is 11.4 Å². The molecule has 0 atom stereocenters. The zero-order chi connectivity index (χ0) is 16.3. The van der Waals surface area contributed by atoms with Gasteiger partial charge in [-0.05, 0) is 73.9 Å². The van der Waals surface area contributed by atoms with Gasteiger partial charge in [0, 0.05) is 24.6 Å². The lowest BCUT2D eigenvalue weighted by atomic mass is 10.1. The fourth-order valence-corrected chi connectivity index (χ4v) is 2.54. The van der Waals surface area contributed by atoms with Crippen LogP contribution >= 0.6 is 0 Å². The van der Waals surface area contributed by atoms with E-state index in [-0.39, 0.29) is 0 Å². The molecule has 2 rings (SSSR count). The Bertz CT molecular complexity index is 497. The zero-order valence-corrected chi connectivity index (χ0v) is 13.8. The van der Waals surface area contributed by atoms with Gasteiger partial charge in [-0.15, -0.1) is 0 Å². The van der Waals surface area contributed by atoms with Gasteiger partial charge in [0.25, 0.3) is 0 Å². The van der Waals surface area contributed by atoms with Gasteiger partial charge in [-0.25, -0.2) is 0 Å². The number of ether oxygens (including phenoxy) is 1. The average Bonchev–Trinajstić information content (AvgIpc) is 2.56. The fraction of sp³-hybridized carbons (Fsp3) is 0.400. The molecule has 3 nitrogen and oxygen atoms in total. The SMILES string of the molecule is Nc1ccc(CCCCOCCCCc2ccc(N)cc2)cc1. The van der Waals surface area contributed by atoms with E-state index in [4.69, 9.17) is 16.2 Å². The number of hydrogen-bond acceptors (Lipinski definition) is 3. The molecule has 23 heavy (non-hydrogen) atoms. The number of nitrogens with two attached hydrogens (primary N) is 2. The molecule has 4 N–H and O–H groups in total. The number of nitrogen functional groups attached to an aromatic ring is 2. The van der Waals surface area contributed by atoms with Crippen molar-refractivity contribution < 1.29 is 4.74 Å². The van der Waals surface area contributed by atoms with E-state index in [9.17, 15) is 0 Å². The molecule has 0 aliphatic carbocycles. The molecule has 0 amide bonds. The standard InChI is InChI=1S/C20H28N2O/c21-19-11-7-17(8-12-19)5-1-3-15-23-16-4-2-6-18-9-13-20(22)14-10-18/h7-14H,1-6,15-16,21-22H2. The Morgan fingerprint density at radius 3 is 1.35 bits per heavy atom. The number of aryl methyl sites for hydroxylation is 2. The normalized spacial score (nSPS) is 10.8. The van der Waals surface area contributed by atoms with Gasteiger partial charge in [-0.1, -0.05) is 24.3 Å². The van der Waals surface area contributed by atoms with E-state index in [1.807, 2.05) is 24.3 Å². The van der Waals surface area contributed by atoms with Crippen molar-refractivity contribution in [3.8, 4) is 0 Å². The second-order valence-corrected chi connectivity index (χ2v) is 6.01. The molecule has 0 aliphatic heterocycles. The molecule has 0 saturated carbocycles. The van der Waals surface area contributed by atoms with Gasteiger partial charge in [0.1, 0.15) is 0 Å². The van der Waals surface area contributed by atoms with Crippen molar-refractivity contribution in [3.63, 3.8) is 0 Å². The van der Waals surface area contributed by atoms with E-state index in [0.29, 0.717) is 0 Å². The van der Waals surface area contributed by atoms with Gasteiger partial charge in [0.2, 0.25) is 0 Å². The second-order valence-electron chi connectivity index (χ2n) is 6.01. The van der Waals surface area contributed by atoms with Gasteiger partial charge in [-0.2, -0.15) is 0 Å². The number of rotatable bonds is 10. The molecule has 3 heteroatoms. The van der Waals surface area contributed by atoms with Crippen LogP contribution in [-0.2, 0) is 17.6 Å². The van der Waals surface area contributed by atoms with Crippen LogP contribution in [0.15, 0.2) is 48.5 Å². The van der Waals surface area contributed by atoms with Crippen molar-refractivity contribution in [2.45, 2.75) is 38.5 Å². The first-order valence-electron chi connectivity index (χ1n) is 8.50. The minimum Gasteiger partial charge on any atom is -0.399 e. The van der Waals surface area contributed by atoms with Crippen molar-refractivity contribution in [3.05, 3.63) is 59.7 Å². The lowest BCUT2D eigenvalue weighted by molar-refractivity contribution is 0.127. The third-order valence-corrected chi connectivity index (χ3v) is 3.97. The quantitative estimate of drug-likeness (QED) is 0.510. The summed E-state index contributed by atoms with van der Waals surface area (Å²) in [5.41, 5.74) is 15.7. The van der Waals surface area contributed by atoms with Gasteiger partial charge in [0.05, 0.1) is 0 Å². The minimum atomic E-state index is 0.830. The molecule has 2 aromatic rings. The Morgan fingerprint density at radius 2 is 0.957 bits per heavy atom. The molecular weight excluding hydrogens is 284 g/mol. The summed E-state index contributed by atoms with van der Waals surface area (Å²) in [4.78, 5) is 0. The molecule has 0 aliphatic rings. The summed E-state index contributed by atoms with van der Waals surface area (Å²) in [5, 5.41) is 0. The van der Waals surface area contributed by atoms with Gasteiger partial charge >= 0.3 is 0 Å². The first kappa shape index (κ1) is 17.4. The van der Waals surface area contributed by atoms with Crippen LogP contribution in [0.25, 0.3) is 0 Å². The number of unbranched alkanes of at least 4 members (excludes halogenated alkanes) is 2. The van der Waals surface area contributed by atoms with E-state index >= 15 is 0 Å².